The molecule has 0 radical (unpaired) electrons. The second kappa shape index (κ2) is 21.4. The molecule has 0 bridgehead atoms. The SMILES string of the molecule is COCCOCCOCCOC(=O)[C@@H]1C[C@@H](O)[C@H](N2CCCCC2)C[C@H]1C(=O)OCCOCCOCCOC. The molecule has 4 atom stereocenters. The van der Waals surface area contributed by atoms with E-state index in [0.717, 1.165) is 25.9 Å². The van der Waals surface area contributed by atoms with Crippen LogP contribution in [0.4, 0.5) is 0 Å². The quantitative estimate of drug-likeness (QED) is 0.156. The molecule has 0 aromatic heterocycles. The summed E-state index contributed by atoms with van der Waals surface area (Å²) in [6, 6.07) is -0.186. The predicted octanol–water partition coefficient (Wildman–Crippen LogP) is 0.674. The van der Waals surface area contributed by atoms with Gasteiger partial charge >= 0.3 is 11.9 Å². The fourth-order valence-electron chi connectivity index (χ4n) is 4.87. The smallest absolute Gasteiger partial charge is 0.309 e. The number of aliphatic hydroxyl groups excluding tert-OH is 1. The molecule has 1 heterocycles. The molecule has 39 heavy (non-hydrogen) atoms. The van der Waals surface area contributed by atoms with E-state index in [9.17, 15) is 14.7 Å². The third-order valence-electron chi connectivity index (χ3n) is 6.94. The van der Waals surface area contributed by atoms with Crippen molar-refractivity contribution in [3.8, 4) is 0 Å². The summed E-state index contributed by atoms with van der Waals surface area (Å²) in [4.78, 5) is 28.3. The first-order valence-corrected chi connectivity index (χ1v) is 14.1. The number of carbonyl (C=O) groups is 2. The van der Waals surface area contributed by atoms with Crippen LogP contribution in [-0.2, 0) is 47.5 Å². The van der Waals surface area contributed by atoms with Gasteiger partial charge in [0.2, 0.25) is 0 Å². The number of ether oxygens (including phenoxy) is 8. The fraction of sp³-hybridized carbons (Fsp3) is 0.926. The minimum absolute atomic E-state index is 0.0567. The first kappa shape index (κ1) is 33.8. The standard InChI is InChI=1S/C27H49NO11/c1-32-8-10-34-12-14-36-16-18-38-26(30)22-20-24(28-6-4-3-5-7-28)25(29)21-23(22)27(31)39-19-17-37-15-13-35-11-9-33-2/h22-25,29H,3-21H2,1-2H3/t22-,23-,24-,25-/m1/s1. The molecule has 2 fully saturated rings. The van der Waals surface area contributed by atoms with Gasteiger partial charge < -0.3 is 43.0 Å². The number of hydrogen-bond donors (Lipinski definition) is 1. The van der Waals surface area contributed by atoms with Crippen LogP contribution >= 0.6 is 0 Å². The van der Waals surface area contributed by atoms with Gasteiger partial charge in [-0.3, -0.25) is 14.5 Å². The van der Waals surface area contributed by atoms with Crippen LogP contribution in [-0.4, -0.2) is 141 Å². The first-order chi connectivity index (χ1) is 19.1. The van der Waals surface area contributed by atoms with E-state index in [0.29, 0.717) is 59.3 Å². The summed E-state index contributed by atoms with van der Waals surface area (Å²) in [6.07, 6.45) is 3.08. The molecular weight excluding hydrogens is 514 g/mol. The fourth-order valence-corrected chi connectivity index (χ4v) is 4.87. The van der Waals surface area contributed by atoms with Crippen LogP contribution in [0.5, 0.6) is 0 Å². The van der Waals surface area contributed by atoms with Gasteiger partial charge in [0.05, 0.1) is 84.0 Å². The van der Waals surface area contributed by atoms with Crippen LogP contribution in [0.25, 0.3) is 0 Å². The Kier molecular flexibility index (Phi) is 18.5. The summed E-state index contributed by atoms with van der Waals surface area (Å²) in [6.45, 7) is 5.95. The molecule has 0 unspecified atom stereocenters. The highest BCUT2D eigenvalue weighted by Gasteiger charge is 2.46. The lowest BCUT2D eigenvalue weighted by atomic mass is 9.74. The number of hydrogen-bond acceptors (Lipinski definition) is 12. The number of carbonyl (C=O) groups excluding carboxylic acids is 2. The number of aliphatic hydroxyl groups is 1. The number of piperidine rings is 1. The highest BCUT2D eigenvalue weighted by atomic mass is 16.6. The molecule has 1 aliphatic heterocycles. The number of rotatable bonds is 21. The van der Waals surface area contributed by atoms with Crippen molar-refractivity contribution in [3.05, 3.63) is 0 Å². The summed E-state index contributed by atoms with van der Waals surface area (Å²) in [5.74, 6) is -2.45. The number of methoxy groups -OCH3 is 2. The van der Waals surface area contributed by atoms with Crippen molar-refractivity contribution < 1.29 is 52.6 Å². The Morgan fingerprint density at radius 1 is 0.615 bits per heavy atom. The zero-order valence-electron chi connectivity index (χ0n) is 23.7. The first-order valence-electron chi connectivity index (χ1n) is 14.1. The molecule has 0 aromatic rings. The maximum atomic E-state index is 13.1. The van der Waals surface area contributed by atoms with Crippen molar-refractivity contribution >= 4 is 11.9 Å². The minimum Gasteiger partial charge on any atom is -0.463 e. The largest absolute Gasteiger partial charge is 0.463 e. The van der Waals surface area contributed by atoms with Crippen molar-refractivity contribution in [2.24, 2.45) is 11.8 Å². The van der Waals surface area contributed by atoms with Gasteiger partial charge in [-0.1, -0.05) is 6.42 Å². The van der Waals surface area contributed by atoms with Crippen molar-refractivity contribution in [3.63, 3.8) is 0 Å². The van der Waals surface area contributed by atoms with Crippen molar-refractivity contribution in [1.82, 2.24) is 4.90 Å². The van der Waals surface area contributed by atoms with Crippen molar-refractivity contribution in [2.75, 3.05) is 107 Å². The lowest BCUT2D eigenvalue weighted by Gasteiger charge is -2.43. The lowest BCUT2D eigenvalue weighted by molar-refractivity contribution is -0.169. The van der Waals surface area contributed by atoms with Gasteiger partial charge in [-0.2, -0.15) is 0 Å². The second-order valence-electron chi connectivity index (χ2n) is 9.69. The van der Waals surface area contributed by atoms with E-state index in [1.165, 1.54) is 6.42 Å². The molecule has 0 spiro atoms. The summed E-state index contributed by atoms with van der Waals surface area (Å²) in [5.41, 5.74) is 0. The average Bonchev–Trinajstić information content (AvgIpc) is 2.95. The molecule has 2 aliphatic rings. The van der Waals surface area contributed by atoms with E-state index in [1.54, 1.807) is 14.2 Å². The van der Waals surface area contributed by atoms with Gasteiger partial charge in [0, 0.05) is 20.3 Å². The zero-order chi connectivity index (χ0) is 28.1. The highest BCUT2D eigenvalue weighted by molar-refractivity contribution is 5.82. The average molecular weight is 564 g/mol. The van der Waals surface area contributed by atoms with E-state index in [4.69, 9.17) is 37.9 Å². The molecule has 2 rings (SSSR count). The second-order valence-corrected chi connectivity index (χ2v) is 9.69. The summed E-state index contributed by atoms with van der Waals surface area (Å²) < 4.78 is 42.3. The minimum atomic E-state index is -0.777. The Balaban J connectivity index is 1.80. The van der Waals surface area contributed by atoms with Gasteiger partial charge in [0.1, 0.15) is 13.2 Å². The van der Waals surface area contributed by atoms with E-state index < -0.39 is 29.9 Å². The molecule has 1 N–H and O–H groups in total. The highest BCUT2D eigenvalue weighted by Crippen LogP contribution is 2.36. The molecular formula is C27H49NO11. The number of esters is 2. The van der Waals surface area contributed by atoms with Crippen LogP contribution in [0.1, 0.15) is 32.1 Å². The maximum Gasteiger partial charge on any atom is 0.309 e. The Hall–Kier alpha value is -1.38. The zero-order valence-corrected chi connectivity index (χ0v) is 23.7. The Bertz CT molecular complexity index is 647. The topological polar surface area (TPSA) is 131 Å². The van der Waals surface area contributed by atoms with E-state index in [-0.39, 0.29) is 38.9 Å². The van der Waals surface area contributed by atoms with Crippen LogP contribution in [0.2, 0.25) is 0 Å². The third kappa shape index (κ3) is 13.7. The molecule has 0 aromatic carbocycles. The molecule has 12 heteroatoms. The predicted molar refractivity (Wildman–Crippen MR) is 140 cm³/mol. The van der Waals surface area contributed by atoms with E-state index in [1.807, 2.05) is 0 Å². The summed E-state index contributed by atoms with van der Waals surface area (Å²) in [5, 5.41) is 10.9. The Labute approximate surface area is 232 Å². The Morgan fingerprint density at radius 3 is 1.49 bits per heavy atom. The summed E-state index contributed by atoms with van der Waals surface area (Å²) >= 11 is 0. The van der Waals surface area contributed by atoms with Crippen LogP contribution in [0.15, 0.2) is 0 Å². The van der Waals surface area contributed by atoms with E-state index in [2.05, 4.69) is 4.90 Å². The Morgan fingerprint density at radius 2 is 1.03 bits per heavy atom. The molecule has 1 saturated heterocycles. The van der Waals surface area contributed by atoms with Crippen molar-refractivity contribution in [2.45, 2.75) is 44.2 Å². The van der Waals surface area contributed by atoms with Gasteiger partial charge in [-0.25, -0.2) is 0 Å². The van der Waals surface area contributed by atoms with Crippen LogP contribution < -0.4 is 0 Å². The van der Waals surface area contributed by atoms with Gasteiger partial charge in [0.25, 0.3) is 0 Å². The van der Waals surface area contributed by atoms with Crippen LogP contribution in [0, 0.1) is 11.8 Å². The molecule has 1 aliphatic carbocycles. The maximum absolute atomic E-state index is 13.1. The van der Waals surface area contributed by atoms with Crippen LogP contribution in [0.3, 0.4) is 0 Å². The van der Waals surface area contributed by atoms with E-state index >= 15 is 0 Å². The third-order valence-corrected chi connectivity index (χ3v) is 6.94. The monoisotopic (exact) mass is 563 g/mol. The van der Waals surface area contributed by atoms with Gasteiger partial charge in [0.15, 0.2) is 0 Å². The molecule has 228 valence electrons. The van der Waals surface area contributed by atoms with Crippen molar-refractivity contribution in [1.29, 1.82) is 0 Å². The molecule has 0 amide bonds. The lowest BCUT2D eigenvalue weighted by Crippen LogP contribution is -2.54. The van der Waals surface area contributed by atoms with Gasteiger partial charge in [-0.15, -0.1) is 0 Å². The number of likely N-dealkylation sites (tertiary alicyclic amines) is 1. The molecule has 1 saturated carbocycles. The summed E-state index contributed by atoms with van der Waals surface area (Å²) in [7, 11) is 3.22. The normalized spacial score (nSPS) is 24.0. The number of nitrogens with zero attached hydrogens (tertiary/aromatic N) is 1. The van der Waals surface area contributed by atoms with Gasteiger partial charge in [-0.05, 0) is 38.8 Å². The molecule has 12 nitrogen and oxygen atoms in total.